The summed E-state index contributed by atoms with van der Waals surface area (Å²) in [5, 5.41) is 9.89. The molecule has 4 rings (SSSR count). The second-order valence-corrected chi connectivity index (χ2v) is 11.9. The van der Waals surface area contributed by atoms with Crippen LogP contribution in [0.5, 0.6) is 0 Å². The molecule has 200 valence electrons. The first kappa shape index (κ1) is 27.5. The van der Waals surface area contributed by atoms with Crippen molar-refractivity contribution in [3.8, 4) is 0 Å². The smallest absolute Gasteiger partial charge is 0.247 e. The predicted octanol–water partition coefficient (Wildman–Crippen LogP) is 2.96. The molecule has 1 spiro atoms. The first-order valence-corrected chi connectivity index (χ1v) is 14.2. The van der Waals surface area contributed by atoms with Gasteiger partial charge in [-0.2, -0.15) is 0 Å². The molecule has 3 aliphatic heterocycles. The number of thioether (sulfide) groups is 1. The van der Waals surface area contributed by atoms with E-state index >= 15 is 0 Å². The minimum atomic E-state index is -0.734. The number of β-amino-alcohol motifs (C(OH)–C–C–N with tert-alkyl or cyclic N) is 1. The molecule has 37 heavy (non-hydrogen) atoms. The molecule has 0 aromatic heterocycles. The Morgan fingerprint density at radius 1 is 1.16 bits per heavy atom. The maximum atomic E-state index is 14.3. The van der Waals surface area contributed by atoms with E-state index in [1.165, 1.54) is 0 Å². The van der Waals surface area contributed by atoms with Gasteiger partial charge in [-0.05, 0) is 24.3 Å². The van der Waals surface area contributed by atoms with Crippen molar-refractivity contribution in [1.82, 2.24) is 14.7 Å². The van der Waals surface area contributed by atoms with Crippen LogP contribution in [0.4, 0.5) is 0 Å². The van der Waals surface area contributed by atoms with Crippen molar-refractivity contribution in [3.05, 3.63) is 61.2 Å². The summed E-state index contributed by atoms with van der Waals surface area (Å²) in [4.78, 5) is 47.3. The van der Waals surface area contributed by atoms with Crippen LogP contribution in [-0.4, -0.2) is 86.4 Å². The molecule has 8 heteroatoms. The number of fused-ring (bicyclic) bond motifs is 1. The van der Waals surface area contributed by atoms with Crippen molar-refractivity contribution in [2.75, 3.05) is 32.8 Å². The fourth-order valence-corrected chi connectivity index (χ4v) is 9.13. The van der Waals surface area contributed by atoms with E-state index in [1.807, 2.05) is 37.3 Å². The zero-order valence-corrected chi connectivity index (χ0v) is 22.7. The van der Waals surface area contributed by atoms with Gasteiger partial charge in [-0.3, -0.25) is 14.4 Å². The molecule has 2 bridgehead atoms. The Morgan fingerprint density at radius 3 is 2.46 bits per heavy atom. The Kier molecular flexibility index (Phi) is 8.49. The van der Waals surface area contributed by atoms with Gasteiger partial charge in [0, 0.05) is 38.0 Å². The monoisotopic (exact) mass is 525 g/mol. The lowest BCUT2D eigenvalue weighted by molar-refractivity contribution is -0.145. The normalized spacial score (nSPS) is 29.8. The lowest BCUT2D eigenvalue weighted by Crippen LogP contribution is -2.57. The number of nitrogens with zero attached hydrogens (tertiary/aromatic N) is 3. The highest BCUT2D eigenvalue weighted by Gasteiger charge is 2.76. The SMILES string of the molecule is C=CCN(Cc1ccccc1)C(=O)C1N(CCO)C(=O)[C@@H]2[C@H](C(=O)N(CC=C)CCC)[C@@H]3CC(C)C12S3. The van der Waals surface area contributed by atoms with E-state index in [4.69, 9.17) is 0 Å². The van der Waals surface area contributed by atoms with Crippen LogP contribution in [0.15, 0.2) is 55.6 Å². The third-order valence-electron chi connectivity index (χ3n) is 8.14. The topological polar surface area (TPSA) is 81.2 Å². The maximum Gasteiger partial charge on any atom is 0.247 e. The van der Waals surface area contributed by atoms with Crippen molar-refractivity contribution >= 4 is 29.5 Å². The van der Waals surface area contributed by atoms with Gasteiger partial charge in [0.1, 0.15) is 6.04 Å². The molecular formula is C29H39N3O4S. The molecule has 0 saturated carbocycles. The van der Waals surface area contributed by atoms with Gasteiger partial charge in [0.2, 0.25) is 17.7 Å². The fraction of sp³-hybridized carbons (Fsp3) is 0.552. The summed E-state index contributed by atoms with van der Waals surface area (Å²) < 4.78 is -0.698. The van der Waals surface area contributed by atoms with Crippen LogP contribution < -0.4 is 0 Å². The third-order valence-corrected chi connectivity index (χ3v) is 10.2. The van der Waals surface area contributed by atoms with Crippen molar-refractivity contribution in [3.63, 3.8) is 0 Å². The maximum absolute atomic E-state index is 14.3. The van der Waals surface area contributed by atoms with Gasteiger partial charge in [-0.25, -0.2) is 0 Å². The van der Waals surface area contributed by atoms with Crippen LogP contribution in [0.2, 0.25) is 0 Å². The van der Waals surface area contributed by atoms with Crippen LogP contribution in [0.1, 0.15) is 32.3 Å². The number of amides is 3. The van der Waals surface area contributed by atoms with E-state index in [2.05, 4.69) is 20.1 Å². The highest BCUT2D eigenvalue weighted by Crippen LogP contribution is 2.68. The van der Waals surface area contributed by atoms with E-state index in [0.717, 1.165) is 18.4 Å². The summed E-state index contributed by atoms with van der Waals surface area (Å²) >= 11 is 1.67. The first-order chi connectivity index (χ1) is 17.8. The molecule has 1 N–H and O–H groups in total. The summed E-state index contributed by atoms with van der Waals surface area (Å²) in [6, 6.07) is 9.04. The summed E-state index contributed by atoms with van der Waals surface area (Å²) in [6.07, 6.45) is 5.04. The number of hydrogen-bond acceptors (Lipinski definition) is 5. The molecule has 0 radical (unpaired) electrons. The minimum Gasteiger partial charge on any atom is -0.395 e. The summed E-state index contributed by atoms with van der Waals surface area (Å²) in [7, 11) is 0. The lowest BCUT2D eigenvalue weighted by Gasteiger charge is -2.41. The summed E-state index contributed by atoms with van der Waals surface area (Å²) in [6.45, 7) is 13.4. The zero-order valence-electron chi connectivity index (χ0n) is 21.9. The number of carbonyl (C=O) groups excluding carboxylic acids is 3. The van der Waals surface area contributed by atoms with E-state index < -0.39 is 22.6 Å². The molecule has 1 aromatic carbocycles. The van der Waals surface area contributed by atoms with Crippen LogP contribution in [0.25, 0.3) is 0 Å². The van der Waals surface area contributed by atoms with Gasteiger partial charge >= 0.3 is 0 Å². The van der Waals surface area contributed by atoms with E-state index in [0.29, 0.717) is 26.2 Å². The molecule has 3 heterocycles. The molecule has 3 unspecified atom stereocenters. The molecule has 3 saturated heterocycles. The van der Waals surface area contributed by atoms with Crippen LogP contribution in [-0.2, 0) is 20.9 Å². The van der Waals surface area contributed by atoms with Crippen molar-refractivity contribution < 1.29 is 19.5 Å². The number of benzene rings is 1. The molecule has 6 atom stereocenters. The van der Waals surface area contributed by atoms with Gasteiger partial charge in [0.15, 0.2) is 0 Å². The molecule has 0 aliphatic carbocycles. The summed E-state index contributed by atoms with van der Waals surface area (Å²) in [5.41, 5.74) is 0.994. The van der Waals surface area contributed by atoms with Crippen molar-refractivity contribution in [1.29, 1.82) is 0 Å². The second kappa shape index (κ2) is 11.4. The van der Waals surface area contributed by atoms with Crippen LogP contribution >= 0.6 is 11.8 Å². The molecule has 3 amide bonds. The van der Waals surface area contributed by atoms with Crippen molar-refractivity contribution in [2.24, 2.45) is 17.8 Å². The van der Waals surface area contributed by atoms with Gasteiger partial charge in [-0.1, -0.05) is 56.3 Å². The number of aliphatic hydroxyl groups is 1. The molecule has 3 fully saturated rings. The quantitative estimate of drug-likeness (QED) is 0.425. The predicted molar refractivity (Wildman–Crippen MR) is 147 cm³/mol. The van der Waals surface area contributed by atoms with Gasteiger partial charge in [0.25, 0.3) is 0 Å². The molecule has 3 aliphatic rings. The van der Waals surface area contributed by atoms with E-state index in [1.54, 1.807) is 38.6 Å². The first-order valence-electron chi connectivity index (χ1n) is 13.3. The molecule has 7 nitrogen and oxygen atoms in total. The number of aliphatic hydroxyl groups excluding tert-OH is 1. The van der Waals surface area contributed by atoms with Crippen LogP contribution in [0, 0.1) is 17.8 Å². The number of likely N-dealkylation sites (tertiary alicyclic amines) is 1. The Balaban J connectivity index is 1.73. The van der Waals surface area contributed by atoms with Gasteiger partial charge in [0.05, 0.1) is 23.2 Å². The Bertz CT molecular complexity index is 1030. The number of hydrogen-bond donors (Lipinski definition) is 1. The zero-order chi connectivity index (χ0) is 26.7. The average Bonchev–Trinajstić information content (AvgIpc) is 3.48. The fourth-order valence-electron chi connectivity index (χ4n) is 6.72. The highest BCUT2D eigenvalue weighted by molar-refractivity contribution is 8.02. The second-order valence-electron chi connectivity index (χ2n) is 10.4. The third kappa shape index (κ3) is 4.63. The van der Waals surface area contributed by atoms with Gasteiger partial charge in [-0.15, -0.1) is 24.9 Å². The van der Waals surface area contributed by atoms with E-state index in [-0.39, 0.29) is 42.0 Å². The Morgan fingerprint density at radius 2 is 1.84 bits per heavy atom. The van der Waals surface area contributed by atoms with E-state index in [9.17, 15) is 19.5 Å². The minimum absolute atomic E-state index is 0.00539. The average molecular weight is 526 g/mol. The van der Waals surface area contributed by atoms with Crippen molar-refractivity contribution in [2.45, 2.75) is 49.3 Å². The highest BCUT2D eigenvalue weighted by atomic mass is 32.2. The van der Waals surface area contributed by atoms with Gasteiger partial charge < -0.3 is 19.8 Å². The molecule has 1 aromatic rings. The largest absolute Gasteiger partial charge is 0.395 e. The Hall–Kier alpha value is -2.58. The Labute approximate surface area is 224 Å². The lowest BCUT2D eigenvalue weighted by atomic mass is 9.65. The molecular weight excluding hydrogens is 486 g/mol. The summed E-state index contributed by atoms with van der Waals surface area (Å²) in [5.74, 6) is -1.31. The standard InChI is InChI=1S/C29H39N3O4S/c1-5-13-30(14-6-2)26(34)23-22-18-20(4)29(37-22)24(23)27(35)32(16-17-33)25(29)28(36)31(15-7-3)19-21-11-9-8-10-12-21/h5,7-12,20,22-25,33H,1,3,6,13-19H2,2,4H3/t20?,22-,23+,24-,25?,29?/m0/s1. The van der Waals surface area contributed by atoms with Crippen LogP contribution in [0.3, 0.4) is 0 Å². The number of rotatable bonds is 12. The number of carbonyl (C=O) groups is 3.